The van der Waals surface area contributed by atoms with Crippen molar-refractivity contribution in [2.45, 2.75) is 69.6 Å². The van der Waals surface area contributed by atoms with Crippen LogP contribution in [0.3, 0.4) is 0 Å². The lowest BCUT2D eigenvalue weighted by Gasteiger charge is -2.54. The molecule has 0 amide bonds. The second-order valence-corrected chi connectivity index (χ2v) is 10.5. The molecule has 0 saturated heterocycles. The number of nitrogens with one attached hydrogen (secondary N) is 1. The first-order valence-corrected chi connectivity index (χ1v) is 12.2. The molecule has 2 aromatic rings. The van der Waals surface area contributed by atoms with E-state index in [2.05, 4.69) is 47.8 Å². The molecule has 4 aliphatic rings. The van der Waals surface area contributed by atoms with Crippen LogP contribution in [0.25, 0.3) is 5.57 Å². The SMILES string of the molecule is COC(=O)/C=C(\C)c1cccc(NCC23CCC(c4ccc(C5CC5)cc4)(CC2)CC3)c1. The standard InChI is InChI=1S/C29H35NO2/c1-21(18-27(31)32-2)24-4-3-5-26(19-24)30-20-28-12-15-29(16-13-28,17-14-28)25-10-8-23(9-11-25)22-6-7-22/h3-5,8-11,18-19,22,30H,6-7,12-17,20H2,1-2H3/b21-18+. The van der Waals surface area contributed by atoms with E-state index in [-0.39, 0.29) is 5.97 Å². The molecule has 0 aliphatic heterocycles. The molecule has 4 saturated carbocycles. The molecule has 3 nitrogen and oxygen atoms in total. The molecule has 2 aromatic carbocycles. The monoisotopic (exact) mass is 429 g/mol. The number of anilines is 1. The van der Waals surface area contributed by atoms with Gasteiger partial charge in [-0.05, 0) is 109 Å². The summed E-state index contributed by atoms with van der Waals surface area (Å²) >= 11 is 0. The third kappa shape index (κ3) is 4.22. The van der Waals surface area contributed by atoms with Crippen molar-refractivity contribution >= 4 is 17.2 Å². The van der Waals surface area contributed by atoms with Crippen LogP contribution in [0.15, 0.2) is 54.6 Å². The number of hydrogen-bond donors (Lipinski definition) is 1. The molecule has 3 heteroatoms. The maximum Gasteiger partial charge on any atom is 0.330 e. The van der Waals surface area contributed by atoms with Crippen LogP contribution >= 0.6 is 0 Å². The fraction of sp³-hybridized carbons (Fsp3) is 0.483. The topological polar surface area (TPSA) is 38.3 Å². The minimum Gasteiger partial charge on any atom is -0.466 e. The first-order valence-electron chi connectivity index (χ1n) is 12.2. The summed E-state index contributed by atoms with van der Waals surface area (Å²) in [6.45, 7) is 2.99. The number of allylic oxidation sites excluding steroid dienone is 1. The lowest BCUT2D eigenvalue weighted by molar-refractivity contribution is -0.134. The largest absolute Gasteiger partial charge is 0.466 e. The minimum absolute atomic E-state index is 0.310. The van der Waals surface area contributed by atoms with E-state index in [1.165, 1.54) is 58.5 Å². The molecule has 0 unspecified atom stereocenters. The number of carbonyl (C=O) groups is 1. The summed E-state index contributed by atoms with van der Waals surface area (Å²) in [5, 5.41) is 3.73. The quantitative estimate of drug-likeness (QED) is 0.387. The molecule has 4 aliphatic carbocycles. The third-order valence-corrected chi connectivity index (χ3v) is 8.49. The molecule has 0 aromatic heterocycles. The van der Waals surface area contributed by atoms with Crippen molar-refractivity contribution in [3.63, 3.8) is 0 Å². The van der Waals surface area contributed by atoms with Crippen LogP contribution < -0.4 is 5.32 Å². The second kappa shape index (κ2) is 8.42. The lowest BCUT2D eigenvalue weighted by Crippen LogP contribution is -2.47. The maximum absolute atomic E-state index is 11.6. The highest BCUT2D eigenvalue weighted by Gasteiger charge is 2.49. The van der Waals surface area contributed by atoms with Crippen molar-refractivity contribution in [3.8, 4) is 0 Å². The van der Waals surface area contributed by atoms with Gasteiger partial charge in [-0.1, -0.05) is 36.4 Å². The van der Waals surface area contributed by atoms with Gasteiger partial charge >= 0.3 is 5.97 Å². The maximum atomic E-state index is 11.6. The van der Waals surface area contributed by atoms with Gasteiger partial charge in [0, 0.05) is 18.3 Å². The molecule has 168 valence electrons. The highest BCUT2D eigenvalue weighted by Crippen LogP contribution is 2.58. The fourth-order valence-corrected chi connectivity index (χ4v) is 5.97. The van der Waals surface area contributed by atoms with Gasteiger partial charge in [-0.2, -0.15) is 0 Å². The van der Waals surface area contributed by atoms with Crippen molar-refractivity contribution in [3.05, 3.63) is 71.3 Å². The number of ether oxygens (including phenoxy) is 1. The fourth-order valence-electron chi connectivity index (χ4n) is 5.97. The van der Waals surface area contributed by atoms with Crippen LogP contribution in [0.5, 0.6) is 0 Å². The van der Waals surface area contributed by atoms with Gasteiger partial charge in [0.25, 0.3) is 0 Å². The Labute approximate surface area is 192 Å². The predicted octanol–water partition coefficient (Wildman–Crippen LogP) is 6.84. The first kappa shape index (κ1) is 21.3. The third-order valence-electron chi connectivity index (χ3n) is 8.49. The molecule has 6 rings (SSSR count). The highest BCUT2D eigenvalue weighted by molar-refractivity contribution is 5.91. The summed E-state index contributed by atoms with van der Waals surface area (Å²) in [4.78, 5) is 11.6. The van der Waals surface area contributed by atoms with E-state index in [9.17, 15) is 4.79 Å². The molecule has 0 spiro atoms. The zero-order valence-electron chi connectivity index (χ0n) is 19.5. The molecule has 4 fully saturated rings. The molecule has 0 radical (unpaired) electrons. The molecule has 0 heterocycles. The van der Waals surface area contributed by atoms with Crippen molar-refractivity contribution in [1.29, 1.82) is 0 Å². The van der Waals surface area contributed by atoms with Crippen molar-refractivity contribution in [2.75, 3.05) is 19.0 Å². The first-order chi connectivity index (χ1) is 15.5. The van der Waals surface area contributed by atoms with E-state index in [0.29, 0.717) is 10.8 Å². The molecule has 2 bridgehead atoms. The van der Waals surface area contributed by atoms with Crippen LogP contribution in [0.1, 0.15) is 80.9 Å². The van der Waals surface area contributed by atoms with Gasteiger partial charge < -0.3 is 10.1 Å². The van der Waals surface area contributed by atoms with E-state index >= 15 is 0 Å². The number of benzene rings is 2. The van der Waals surface area contributed by atoms with E-state index < -0.39 is 0 Å². The molecule has 32 heavy (non-hydrogen) atoms. The van der Waals surface area contributed by atoms with E-state index in [4.69, 9.17) is 4.74 Å². The van der Waals surface area contributed by atoms with E-state index in [0.717, 1.165) is 29.3 Å². The minimum atomic E-state index is -0.310. The number of rotatable bonds is 7. The zero-order valence-corrected chi connectivity index (χ0v) is 19.5. The van der Waals surface area contributed by atoms with Gasteiger partial charge in [0.1, 0.15) is 0 Å². The molecule has 1 N–H and O–H groups in total. The highest BCUT2D eigenvalue weighted by atomic mass is 16.5. The van der Waals surface area contributed by atoms with E-state index in [1.54, 1.807) is 17.2 Å². The predicted molar refractivity (Wildman–Crippen MR) is 131 cm³/mol. The number of methoxy groups -OCH3 is 1. The smallest absolute Gasteiger partial charge is 0.330 e. The van der Waals surface area contributed by atoms with Crippen LogP contribution in [0.2, 0.25) is 0 Å². The van der Waals surface area contributed by atoms with Gasteiger partial charge in [0.2, 0.25) is 0 Å². The average Bonchev–Trinajstić information content (AvgIpc) is 3.70. The summed E-state index contributed by atoms with van der Waals surface area (Å²) in [5.41, 5.74) is 7.08. The summed E-state index contributed by atoms with van der Waals surface area (Å²) in [7, 11) is 1.41. The van der Waals surface area contributed by atoms with Crippen LogP contribution in [-0.2, 0) is 14.9 Å². The van der Waals surface area contributed by atoms with Gasteiger partial charge in [0.05, 0.1) is 7.11 Å². The normalized spacial score (nSPS) is 27.2. The van der Waals surface area contributed by atoms with Crippen molar-refractivity contribution in [1.82, 2.24) is 0 Å². The van der Waals surface area contributed by atoms with Gasteiger partial charge in [0.15, 0.2) is 0 Å². The Morgan fingerprint density at radius 3 is 2.34 bits per heavy atom. The van der Waals surface area contributed by atoms with E-state index in [1.807, 2.05) is 13.0 Å². The molecule has 0 atom stereocenters. The molecular weight excluding hydrogens is 394 g/mol. The Bertz CT molecular complexity index is 991. The molecular formula is C29H35NO2. The average molecular weight is 430 g/mol. The van der Waals surface area contributed by atoms with Crippen molar-refractivity contribution < 1.29 is 9.53 Å². The Morgan fingerprint density at radius 2 is 1.72 bits per heavy atom. The van der Waals surface area contributed by atoms with Crippen LogP contribution in [0.4, 0.5) is 5.69 Å². The number of hydrogen-bond acceptors (Lipinski definition) is 3. The van der Waals surface area contributed by atoms with Gasteiger partial charge in [-0.3, -0.25) is 0 Å². The van der Waals surface area contributed by atoms with Gasteiger partial charge in [-0.15, -0.1) is 0 Å². The zero-order chi connectivity index (χ0) is 22.2. The van der Waals surface area contributed by atoms with Crippen molar-refractivity contribution in [2.24, 2.45) is 5.41 Å². The summed E-state index contributed by atoms with van der Waals surface area (Å²) < 4.78 is 4.76. The number of fused-ring (bicyclic) bond motifs is 3. The summed E-state index contributed by atoms with van der Waals surface area (Å²) in [6.07, 6.45) is 12.2. The lowest BCUT2D eigenvalue weighted by atomic mass is 9.52. The number of esters is 1. The summed E-state index contributed by atoms with van der Waals surface area (Å²) in [5.74, 6) is 0.533. The second-order valence-electron chi connectivity index (χ2n) is 10.5. The Hall–Kier alpha value is -2.55. The van der Waals surface area contributed by atoms with Crippen LogP contribution in [-0.4, -0.2) is 19.6 Å². The summed E-state index contributed by atoms with van der Waals surface area (Å²) in [6, 6.07) is 18.1. The number of carbonyl (C=O) groups excluding carboxylic acids is 1. The Kier molecular flexibility index (Phi) is 5.61. The van der Waals surface area contributed by atoms with Crippen LogP contribution in [0, 0.1) is 5.41 Å². The Balaban J connectivity index is 1.22. The Morgan fingerprint density at radius 1 is 1.03 bits per heavy atom. The van der Waals surface area contributed by atoms with Gasteiger partial charge in [-0.25, -0.2) is 4.79 Å².